The van der Waals surface area contributed by atoms with Gasteiger partial charge in [0.2, 0.25) is 0 Å². The summed E-state index contributed by atoms with van der Waals surface area (Å²) in [5.74, 6) is 0. The molecule has 1 fully saturated rings. The highest BCUT2D eigenvalue weighted by atomic mass is 19.1. The van der Waals surface area contributed by atoms with E-state index in [1.165, 1.54) is 0 Å². The number of carbonyl (C=O) groups excluding carboxylic acids is 1. The second kappa shape index (κ2) is 4.96. The van der Waals surface area contributed by atoms with Crippen LogP contribution in [0.1, 0.15) is 28.8 Å². The van der Waals surface area contributed by atoms with Gasteiger partial charge in [-0.3, -0.25) is 4.79 Å². The number of carbonyl (C=O) groups is 1. The molecule has 0 saturated carbocycles. The van der Waals surface area contributed by atoms with E-state index in [4.69, 9.17) is 0 Å². The van der Waals surface area contributed by atoms with Gasteiger partial charge < -0.3 is 4.90 Å². The van der Waals surface area contributed by atoms with Crippen molar-refractivity contribution >= 4 is 6.29 Å². The predicted octanol–water partition coefficient (Wildman–Crippen LogP) is 2.48. The standard InChI is InChI=1S/C14H18FNO/c1-16-7-3-6-14(15,11-16)9-12-4-2-5-13(8-12)10-17/h2,4-5,8,10H,3,6-7,9,11H2,1H3. The Balaban J connectivity index is 2.10. The number of benzene rings is 1. The van der Waals surface area contributed by atoms with E-state index in [0.717, 1.165) is 24.8 Å². The first-order valence-corrected chi connectivity index (χ1v) is 6.03. The molecule has 1 aromatic carbocycles. The maximum absolute atomic E-state index is 14.6. The molecule has 1 aromatic rings. The number of rotatable bonds is 3. The smallest absolute Gasteiger partial charge is 0.150 e. The van der Waals surface area contributed by atoms with Crippen LogP contribution in [0.25, 0.3) is 0 Å². The fourth-order valence-electron chi connectivity index (χ4n) is 2.59. The van der Waals surface area contributed by atoms with Crippen LogP contribution in [0.3, 0.4) is 0 Å². The van der Waals surface area contributed by atoms with E-state index in [0.29, 0.717) is 24.9 Å². The number of likely N-dealkylation sites (tertiary alicyclic amines) is 1. The van der Waals surface area contributed by atoms with Crippen molar-refractivity contribution in [3.05, 3.63) is 35.4 Å². The number of aldehydes is 1. The molecule has 2 rings (SSSR count). The maximum Gasteiger partial charge on any atom is 0.150 e. The summed E-state index contributed by atoms with van der Waals surface area (Å²) < 4.78 is 14.6. The number of alkyl halides is 1. The Labute approximate surface area is 101 Å². The summed E-state index contributed by atoms with van der Waals surface area (Å²) >= 11 is 0. The Bertz CT molecular complexity index is 407. The third-order valence-electron chi connectivity index (χ3n) is 3.33. The zero-order chi connectivity index (χ0) is 12.3. The van der Waals surface area contributed by atoms with Gasteiger partial charge in [0, 0.05) is 18.5 Å². The van der Waals surface area contributed by atoms with E-state index in [9.17, 15) is 9.18 Å². The lowest BCUT2D eigenvalue weighted by Crippen LogP contribution is -2.44. The lowest BCUT2D eigenvalue weighted by atomic mass is 9.88. The number of hydrogen-bond donors (Lipinski definition) is 0. The first kappa shape index (κ1) is 12.2. The van der Waals surface area contributed by atoms with E-state index in [-0.39, 0.29) is 0 Å². The van der Waals surface area contributed by atoms with Crippen molar-refractivity contribution in [3.8, 4) is 0 Å². The monoisotopic (exact) mass is 235 g/mol. The van der Waals surface area contributed by atoms with Gasteiger partial charge >= 0.3 is 0 Å². The first-order chi connectivity index (χ1) is 8.11. The Hall–Kier alpha value is -1.22. The van der Waals surface area contributed by atoms with Crippen molar-refractivity contribution in [1.29, 1.82) is 0 Å². The molecule has 1 heterocycles. The third kappa shape index (κ3) is 3.13. The second-order valence-corrected chi connectivity index (χ2v) is 5.03. The summed E-state index contributed by atoms with van der Waals surface area (Å²) in [6, 6.07) is 7.23. The summed E-state index contributed by atoms with van der Waals surface area (Å²) in [5, 5.41) is 0. The molecule has 3 heteroatoms. The third-order valence-corrected chi connectivity index (χ3v) is 3.33. The summed E-state index contributed by atoms with van der Waals surface area (Å²) in [5.41, 5.74) is 0.386. The van der Waals surface area contributed by atoms with Gasteiger partial charge in [-0.25, -0.2) is 4.39 Å². The predicted molar refractivity (Wildman–Crippen MR) is 66.1 cm³/mol. The fraction of sp³-hybridized carbons (Fsp3) is 0.500. The molecule has 0 N–H and O–H groups in total. The Morgan fingerprint density at radius 2 is 2.35 bits per heavy atom. The zero-order valence-corrected chi connectivity index (χ0v) is 10.2. The molecule has 17 heavy (non-hydrogen) atoms. The summed E-state index contributed by atoms with van der Waals surface area (Å²) in [7, 11) is 1.95. The van der Waals surface area contributed by atoms with Crippen molar-refractivity contribution in [2.24, 2.45) is 0 Å². The molecule has 1 aliphatic heterocycles. The summed E-state index contributed by atoms with van der Waals surface area (Å²) in [6.07, 6.45) is 2.73. The largest absolute Gasteiger partial charge is 0.303 e. The molecule has 0 bridgehead atoms. The molecule has 0 spiro atoms. The molecule has 1 saturated heterocycles. The molecule has 1 aliphatic rings. The SMILES string of the molecule is CN1CCCC(F)(Cc2cccc(C=O)c2)C1. The highest BCUT2D eigenvalue weighted by molar-refractivity contribution is 5.74. The summed E-state index contributed by atoms with van der Waals surface area (Å²) in [4.78, 5) is 12.7. The fourth-order valence-corrected chi connectivity index (χ4v) is 2.59. The van der Waals surface area contributed by atoms with Crippen molar-refractivity contribution in [2.45, 2.75) is 24.9 Å². The Morgan fingerprint density at radius 1 is 1.53 bits per heavy atom. The van der Waals surface area contributed by atoms with E-state index in [2.05, 4.69) is 0 Å². The van der Waals surface area contributed by atoms with Crippen LogP contribution in [-0.4, -0.2) is 37.0 Å². The highest BCUT2D eigenvalue weighted by Crippen LogP contribution is 2.28. The quantitative estimate of drug-likeness (QED) is 0.750. The number of hydrogen-bond acceptors (Lipinski definition) is 2. The van der Waals surface area contributed by atoms with Crippen LogP contribution in [0, 0.1) is 0 Å². The lowest BCUT2D eigenvalue weighted by Gasteiger charge is -2.35. The van der Waals surface area contributed by atoms with Gasteiger partial charge in [0.25, 0.3) is 0 Å². The maximum atomic E-state index is 14.6. The minimum Gasteiger partial charge on any atom is -0.303 e. The lowest BCUT2D eigenvalue weighted by molar-refractivity contribution is 0.0590. The number of piperidine rings is 1. The molecule has 2 nitrogen and oxygen atoms in total. The minimum atomic E-state index is -1.14. The Kier molecular flexibility index (Phi) is 3.57. The molecule has 92 valence electrons. The average molecular weight is 235 g/mol. The molecule has 0 aliphatic carbocycles. The number of nitrogens with zero attached hydrogens (tertiary/aromatic N) is 1. The van der Waals surface area contributed by atoms with Crippen LogP contribution in [0.15, 0.2) is 24.3 Å². The van der Waals surface area contributed by atoms with Gasteiger partial charge in [-0.15, -0.1) is 0 Å². The molecule has 0 aromatic heterocycles. The average Bonchev–Trinajstić information content (AvgIpc) is 2.28. The molecule has 1 unspecified atom stereocenters. The van der Waals surface area contributed by atoms with Gasteiger partial charge in [-0.2, -0.15) is 0 Å². The van der Waals surface area contributed by atoms with Gasteiger partial charge in [-0.05, 0) is 38.1 Å². The molecule has 0 amide bonds. The normalized spacial score (nSPS) is 25.8. The summed E-state index contributed by atoms with van der Waals surface area (Å²) in [6.45, 7) is 1.46. The van der Waals surface area contributed by atoms with Crippen molar-refractivity contribution in [1.82, 2.24) is 4.90 Å². The van der Waals surface area contributed by atoms with E-state index in [1.54, 1.807) is 12.1 Å². The number of halogens is 1. The van der Waals surface area contributed by atoms with Crippen LogP contribution in [-0.2, 0) is 6.42 Å². The van der Waals surface area contributed by atoms with Crippen LogP contribution >= 0.6 is 0 Å². The van der Waals surface area contributed by atoms with Crippen LogP contribution in [0.2, 0.25) is 0 Å². The van der Waals surface area contributed by atoms with Gasteiger partial charge in [0.1, 0.15) is 12.0 Å². The van der Waals surface area contributed by atoms with Crippen molar-refractivity contribution < 1.29 is 9.18 Å². The van der Waals surface area contributed by atoms with Crippen LogP contribution in [0.4, 0.5) is 4.39 Å². The minimum absolute atomic E-state index is 0.402. The molecular weight excluding hydrogens is 217 g/mol. The van der Waals surface area contributed by atoms with Gasteiger partial charge in [-0.1, -0.05) is 18.2 Å². The van der Waals surface area contributed by atoms with E-state index in [1.807, 2.05) is 24.1 Å². The second-order valence-electron chi connectivity index (χ2n) is 5.03. The molecular formula is C14H18FNO. The molecule has 0 radical (unpaired) electrons. The van der Waals surface area contributed by atoms with Crippen LogP contribution < -0.4 is 0 Å². The van der Waals surface area contributed by atoms with E-state index < -0.39 is 5.67 Å². The molecule has 1 atom stereocenters. The van der Waals surface area contributed by atoms with Crippen molar-refractivity contribution in [2.75, 3.05) is 20.1 Å². The zero-order valence-electron chi connectivity index (χ0n) is 10.2. The van der Waals surface area contributed by atoms with E-state index >= 15 is 0 Å². The Morgan fingerprint density at radius 3 is 3.06 bits per heavy atom. The van der Waals surface area contributed by atoms with Gasteiger partial charge in [0.15, 0.2) is 0 Å². The highest BCUT2D eigenvalue weighted by Gasteiger charge is 2.34. The topological polar surface area (TPSA) is 20.3 Å². The first-order valence-electron chi connectivity index (χ1n) is 6.03. The van der Waals surface area contributed by atoms with Crippen LogP contribution in [0.5, 0.6) is 0 Å². The van der Waals surface area contributed by atoms with Gasteiger partial charge in [0.05, 0.1) is 0 Å². The van der Waals surface area contributed by atoms with Crippen molar-refractivity contribution in [3.63, 3.8) is 0 Å².